The second-order valence-electron chi connectivity index (χ2n) is 2.78. The zero-order valence-corrected chi connectivity index (χ0v) is 11.7. The molecule has 0 nitrogen and oxygen atoms in total. The van der Waals surface area contributed by atoms with Gasteiger partial charge in [0, 0.05) is 0 Å². The van der Waals surface area contributed by atoms with E-state index in [1.807, 2.05) is 0 Å². The second kappa shape index (κ2) is 9.86. The van der Waals surface area contributed by atoms with E-state index in [1.54, 1.807) is 3.37 Å². The van der Waals surface area contributed by atoms with Crippen molar-refractivity contribution in [2.24, 2.45) is 0 Å². The van der Waals surface area contributed by atoms with E-state index in [1.165, 1.54) is 36.3 Å². The zero-order valence-electron chi connectivity index (χ0n) is 8.27. The van der Waals surface area contributed by atoms with Crippen LogP contribution in [0.15, 0.2) is 9.95 Å². The SMILES string of the molecule is C=C([Se]CCCC)[Se]CCCC. The predicted molar refractivity (Wildman–Crippen MR) is 60.1 cm³/mol. The summed E-state index contributed by atoms with van der Waals surface area (Å²) in [6.45, 7) is 8.68. The molecule has 0 aromatic rings. The van der Waals surface area contributed by atoms with Gasteiger partial charge in [0.15, 0.2) is 0 Å². The van der Waals surface area contributed by atoms with Crippen molar-refractivity contribution in [3.05, 3.63) is 9.95 Å². The summed E-state index contributed by atoms with van der Waals surface area (Å²) in [5.41, 5.74) is 0. The Labute approximate surface area is 89.9 Å². The molecule has 0 spiro atoms. The van der Waals surface area contributed by atoms with Gasteiger partial charge in [-0.2, -0.15) is 0 Å². The van der Waals surface area contributed by atoms with Crippen LogP contribution in [0.2, 0.25) is 10.6 Å². The van der Waals surface area contributed by atoms with Gasteiger partial charge in [-0.3, -0.25) is 0 Å². The second-order valence-corrected chi connectivity index (χ2v) is 9.08. The summed E-state index contributed by atoms with van der Waals surface area (Å²) >= 11 is 1.54. The summed E-state index contributed by atoms with van der Waals surface area (Å²) in [4.78, 5) is 0. The molecule has 0 radical (unpaired) electrons. The molecule has 0 aromatic carbocycles. The van der Waals surface area contributed by atoms with Crippen molar-refractivity contribution in [3.8, 4) is 0 Å². The van der Waals surface area contributed by atoms with Crippen molar-refractivity contribution in [1.82, 2.24) is 0 Å². The van der Waals surface area contributed by atoms with Gasteiger partial charge in [0.05, 0.1) is 0 Å². The van der Waals surface area contributed by atoms with Crippen molar-refractivity contribution in [2.45, 2.75) is 50.2 Å². The van der Waals surface area contributed by atoms with Gasteiger partial charge in [0.2, 0.25) is 0 Å². The molecule has 72 valence electrons. The standard InChI is InChI=1S/C10H20Se2/c1-4-6-8-11-10(3)12-9-7-5-2/h3-9H2,1-2H3. The maximum atomic E-state index is 4.15. The van der Waals surface area contributed by atoms with Crippen LogP contribution in [0, 0.1) is 0 Å². The molecule has 0 amide bonds. The van der Waals surface area contributed by atoms with Crippen LogP contribution in [0.3, 0.4) is 0 Å². The predicted octanol–water partition coefficient (Wildman–Crippen LogP) is 3.30. The van der Waals surface area contributed by atoms with Crippen LogP contribution in [0.5, 0.6) is 0 Å². The molecule has 0 aliphatic heterocycles. The fourth-order valence-electron chi connectivity index (χ4n) is 0.702. The van der Waals surface area contributed by atoms with Crippen LogP contribution in [-0.4, -0.2) is 29.9 Å². The Hall–Kier alpha value is 0.779. The zero-order chi connectivity index (χ0) is 9.23. The quantitative estimate of drug-likeness (QED) is 0.476. The van der Waals surface area contributed by atoms with E-state index in [0.29, 0.717) is 0 Å². The Kier molecular flexibility index (Phi) is 10.5. The Bertz CT molecular complexity index is 98.4. The number of hydrogen-bond acceptors (Lipinski definition) is 0. The van der Waals surface area contributed by atoms with E-state index in [-0.39, 0.29) is 0 Å². The molecule has 0 unspecified atom stereocenters. The summed E-state index contributed by atoms with van der Waals surface area (Å²) in [5.74, 6) is 0. The first-order valence-electron chi connectivity index (χ1n) is 4.75. The van der Waals surface area contributed by atoms with Gasteiger partial charge < -0.3 is 0 Å². The summed E-state index contributed by atoms with van der Waals surface area (Å²) in [6, 6.07) is 0. The molecule has 0 saturated carbocycles. The Morgan fingerprint density at radius 1 is 1.00 bits per heavy atom. The third-order valence-electron chi connectivity index (χ3n) is 1.52. The minimum atomic E-state index is 0.768. The summed E-state index contributed by atoms with van der Waals surface area (Å²) < 4.78 is 1.59. The van der Waals surface area contributed by atoms with Crippen LogP contribution in [-0.2, 0) is 0 Å². The first kappa shape index (κ1) is 12.8. The summed E-state index contributed by atoms with van der Waals surface area (Å²) in [6.07, 6.45) is 5.50. The first-order chi connectivity index (χ1) is 5.81. The van der Waals surface area contributed by atoms with E-state index in [4.69, 9.17) is 0 Å². The molecular weight excluding hydrogens is 278 g/mol. The van der Waals surface area contributed by atoms with E-state index in [9.17, 15) is 0 Å². The van der Waals surface area contributed by atoms with Crippen LogP contribution in [0.4, 0.5) is 0 Å². The van der Waals surface area contributed by atoms with E-state index < -0.39 is 0 Å². The van der Waals surface area contributed by atoms with Gasteiger partial charge in [-0.15, -0.1) is 0 Å². The molecule has 0 heterocycles. The molecule has 0 aliphatic rings. The third kappa shape index (κ3) is 8.87. The Morgan fingerprint density at radius 2 is 1.42 bits per heavy atom. The van der Waals surface area contributed by atoms with E-state index in [0.717, 1.165) is 29.9 Å². The molecule has 12 heavy (non-hydrogen) atoms. The van der Waals surface area contributed by atoms with Crippen molar-refractivity contribution >= 4 is 29.9 Å². The monoisotopic (exact) mass is 300 g/mol. The van der Waals surface area contributed by atoms with Crippen LogP contribution < -0.4 is 0 Å². The fraction of sp³-hybridized carbons (Fsp3) is 0.800. The minimum absolute atomic E-state index is 0.768. The van der Waals surface area contributed by atoms with Crippen LogP contribution in [0.1, 0.15) is 39.5 Å². The molecule has 0 bridgehead atoms. The van der Waals surface area contributed by atoms with E-state index >= 15 is 0 Å². The van der Waals surface area contributed by atoms with E-state index in [2.05, 4.69) is 20.4 Å². The summed E-state index contributed by atoms with van der Waals surface area (Å²) in [7, 11) is 0. The van der Waals surface area contributed by atoms with Crippen LogP contribution in [0.25, 0.3) is 0 Å². The molecule has 0 aliphatic carbocycles. The Balaban J connectivity index is 3.10. The van der Waals surface area contributed by atoms with Gasteiger partial charge >= 0.3 is 90.0 Å². The molecule has 0 atom stereocenters. The van der Waals surface area contributed by atoms with Gasteiger partial charge in [-0.05, 0) is 0 Å². The van der Waals surface area contributed by atoms with Gasteiger partial charge in [0.1, 0.15) is 0 Å². The maximum absolute atomic E-state index is 4.15. The van der Waals surface area contributed by atoms with Crippen molar-refractivity contribution in [1.29, 1.82) is 0 Å². The number of rotatable bonds is 8. The topological polar surface area (TPSA) is 0 Å². The Morgan fingerprint density at radius 3 is 1.75 bits per heavy atom. The molecular formula is C10H20Se2. The molecule has 2 heteroatoms. The fourth-order valence-corrected chi connectivity index (χ4v) is 6.37. The molecule has 0 rings (SSSR count). The van der Waals surface area contributed by atoms with Crippen LogP contribution >= 0.6 is 0 Å². The van der Waals surface area contributed by atoms with Gasteiger partial charge in [-0.1, -0.05) is 0 Å². The normalized spacial score (nSPS) is 10.2. The molecule has 0 N–H and O–H groups in total. The van der Waals surface area contributed by atoms with Crippen molar-refractivity contribution < 1.29 is 0 Å². The summed E-state index contributed by atoms with van der Waals surface area (Å²) in [5, 5.41) is 2.85. The molecule has 0 fully saturated rings. The van der Waals surface area contributed by atoms with Crippen molar-refractivity contribution in [3.63, 3.8) is 0 Å². The molecule has 0 saturated heterocycles. The average Bonchev–Trinajstić information content (AvgIpc) is 2.06. The molecule has 0 aromatic heterocycles. The van der Waals surface area contributed by atoms with Crippen molar-refractivity contribution in [2.75, 3.05) is 0 Å². The number of hydrogen-bond donors (Lipinski definition) is 0. The number of unbranched alkanes of at least 4 members (excludes halogenated alkanes) is 2. The average molecular weight is 298 g/mol. The third-order valence-corrected chi connectivity index (χ3v) is 7.51. The first-order valence-corrected chi connectivity index (χ1v) is 8.89. The van der Waals surface area contributed by atoms with Gasteiger partial charge in [0.25, 0.3) is 0 Å². The van der Waals surface area contributed by atoms with Gasteiger partial charge in [-0.25, -0.2) is 0 Å².